The number of nitrogens with zero attached hydrogens (tertiary/aromatic N) is 2. The molecule has 0 fully saturated rings. The molecule has 104 valence electrons. The monoisotopic (exact) mass is 271 g/mol. The van der Waals surface area contributed by atoms with Gasteiger partial charge in [0.25, 0.3) is 0 Å². The molecule has 0 saturated carbocycles. The predicted molar refractivity (Wildman–Crippen MR) is 78.2 cm³/mol. The molecule has 3 nitrogen and oxygen atoms in total. The third-order valence-electron chi connectivity index (χ3n) is 3.81. The summed E-state index contributed by atoms with van der Waals surface area (Å²) in [6, 6.07) is 11.7. The van der Waals surface area contributed by atoms with Gasteiger partial charge in [-0.3, -0.25) is 0 Å². The summed E-state index contributed by atoms with van der Waals surface area (Å²) >= 11 is 0. The lowest BCUT2D eigenvalue weighted by molar-refractivity contribution is 0.507. The van der Waals surface area contributed by atoms with Gasteiger partial charge in [0.15, 0.2) is 11.6 Å². The van der Waals surface area contributed by atoms with Gasteiger partial charge in [-0.2, -0.15) is 0 Å². The number of hydrogen-bond donors (Lipinski definition) is 1. The average molecular weight is 271 g/mol. The maximum Gasteiger partial charge on any atom is 0.165 e. The molecule has 2 heterocycles. The summed E-state index contributed by atoms with van der Waals surface area (Å²) < 4.78 is 14.0. The van der Waals surface area contributed by atoms with E-state index in [4.69, 9.17) is 0 Å². The van der Waals surface area contributed by atoms with Crippen LogP contribution in [0.15, 0.2) is 42.6 Å². The molecule has 1 aliphatic heterocycles. The lowest BCUT2D eigenvalue weighted by Gasteiger charge is -2.37. The number of benzene rings is 1. The molecule has 0 bridgehead atoms. The number of fused-ring (bicyclic) bond motifs is 1. The van der Waals surface area contributed by atoms with E-state index in [0.717, 1.165) is 13.0 Å². The van der Waals surface area contributed by atoms with Crippen molar-refractivity contribution in [3.05, 3.63) is 59.5 Å². The SMILES string of the molecule is CNCC1Cc2ccccc2CN1c1ncccc1F. The van der Waals surface area contributed by atoms with Crippen molar-refractivity contribution in [3.63, 3.8) is 0 Å². The Morgan fingerprint density at radius 3 is 2.80 bits per heavy atom. The lowest BCUT2D eigenvalue weighted by atomic mass is 9.94. The van der Waals surface area contributed by atoms with E-state index in [-0.39, 0.29) is 11.9 Å². The van der Waals surface area contributed by atoms with Crippen LogP contribution < -0.4 is 10.2 Å². The molecular formula is C16H18FN3. The van der Waals surface area contributed by atoms with Crippen molar-refractivity contribution < 1.29 is 4.39 Å². The van der Waals surface area contributed by atoms with E-state index in [2.05, 4.69) is 33.4 Å². The molecule has 1 unspecified atom stereocenters. The molecule has 1 N–H and O–H groups in total. The Bertz CT molecular complexity index is 600. The van der Waals surface area contributed by atoms with Gasteiger partial charge >= 0.3 is 0 Å². The summed E-state index contributed by atoms with van der Waals surface area (Å²) in [4.78, 5) is 6.29. The van der Waals surface area contributed by atoms with Crippen molar-refractivity contribution in [1.82, 2.24) is 10.3 Å². The molecule has 1 aromatic heterocycles. The van der Waals surface area contributed by atoms with E-state index in [1.54, 1.807) is 12.3 Å². The van der Waals surface area contributed by atoms with E-state index < -0.39 is 0 Å². The minimum atomic E-state index is -0.256. The molecule has 0 amide bonds. The Kier molecular flexibility index (Phi) is 3.65. The van der Waals surface area contributed by atoms with Crippen molar-refractivity contribution in [3.8, 4) is 0 Å². The number of aromatic nitrogens is 1. The fourth-order valence-electron chi connectivity index (χ4n) is 2.84. The summed E-state index contributed by atoms with van der Waals surface area (Å²) in [7, 11) is 1.92. The van der Waals surface area contributed by atoms with Crippen molar-refractivity contribution in [1.29, 1.82) is 0 Å². The molecule has 20 heavy (non-hydrogen) atoms. The van der Waals surface area contributed by atoms with Gasteiger partial charge in [-0.1, -0.05) is 24.3 Å². The minimum Gasteiger partial charge on any atom is -0.345 e. The van der Waals surface area contributed by atoms with Crippen LogP contribution in [0.2, 0.25) is 0 Å². The number of rotatable bonds is 3. The summed E-state index contributed by atoms with van der Waals surface area (Å²) in [6.45, 7) is 1.51. The summed E-state index contributed by atoms with van der Waals surface area (Å²) in [5, 5.41) is 3.20. The Hall–Kier alpha value is -1.94. The van der Waals surface area contributed by atoms with Gasteiger partial charge in [0.05, 0.1) is 0 Å². The maximum atomic E-state index is 14.0. The molecule has 0 saturated heterocycles. The van der Waals surface area contributed by atoms with Crippen LogP contribution >= 0.6 is 0 Å². The molecule has 0 aliphatic carbocycles. The Balaban J connectivity index is 1.98. The molecule has 1 aromatic carbocycles. The van der Waals surface area contributed by atoms with Gasteiger partial charge in [0.2, 0.25) is 0 Å². The topological polar surface area (TPSA) is 28.2 Å². The van der Waals surface area contributed by atoms with Crippen LogP contribution in [0.5, 0.6) is 0 Å². The smallest absolute Gasteiger partial charge is 0.165 e. The van der Waals surface area contributed by atoms with E-state index >= 15 is 0 Å². The first-order valence-corrected chi connectivity index (χ1v) is 6.88. The zero-order chi connectivity index (χ0) is 13.9. The second kappa shape index (κ2) is 5.59. The highest BCUT2D eigenvalue weighted by molar-refractivity contribution is 5.46. The minimum absolute atomic E-state index is 0.222. The Morgan fingerprint density at radius 2 is 2.05 bits per heavy atom. The number of anilines is 1. The quantitative estimate of drug-likeness (QED) is 0.929. The van der Waals surface area contributed by atoms with Crippen LogP contribution in [0.3, 0.4) is 0 Å². The third-order valence-corrected chi connectivity index (χ3v) is 3.81. The molecule has 1 aliphatic rings. The second-order valence-corrected chi connectivity index (χ2v) is 5.12. The average Bonchev–Trinajstić information content (AvgIpc) is 2.48. The first kappa shape index (κ1) is 13.1. The van der Waals surface area contributed by atoms with E-state index in [1.807, 2.05) is 13.1 Å². The largest absolute Gasteiger partial charge is 0.345 e. The van der Waals surface area contributed by atoms with Gasteiger partial charge in [-0.25, -0.2) is 9.37 Å². The van der Waals surface area contributed by atoms with Gasteiger partial charge in [0, 0.05) is 25.3 Å². The molecule has 4 heteroatoms. The number of pyridine rings is 1. The molecular weight excluding hydrogens is 253 g/mol. The zero-order valence-electron chi connectivity index (χ0n) is 11.5. The van der Waals surface area contributed by atoms with E-state index in [0.29, 0.717) is 12.4 Å². The third kappa shape index (κ3) is 2.39. The Morgan fingerprint density at radius 1 is 1.25 bits per heavy atom. The van der Waals surface area contributed by atoms with Gasteiger partial charge in [-0.05, 0) is 36.7 Å². The number of nitrogens with one attached hydrogen (secondary N) is 1. The van der Waals surface area contributed by atoms with Crippen LogP contribution in [0.4, 0.5) is 10.2 Å². The first-order chi connectivity index (χ1) is 9.79. The fourth-order valence-corrected chi connectivity index (χ4v) is 2.84. The number of likely N-dealkylation sites (N-methyl/N-ethyl adjacent to an activating group) is 1. The first-order valence-electron chi connectivity index (χ1n) is 6.88. The van der Waals surface area contributed by atoms with E-state index in [1.165, 1.54) is 17.2 Å². The fraction of sp³-hybridized carbons (Fsp3) is 0.312. The molecule has 2 aromatic rings. The maximum absolute atomic E-state index is 14.0. The zero-order valence-corrected chi connectivity index (χ0v) is 11.5. The number of hydrogen-bond acceptors (Lipinski definition) is 3. The highest BCUT2D eigenvalue weighted by Gasteiger charge is 2.27. The molecule has 0 spiro atoms. The summed E-state index contributed by atoms with van der Waals surface area (Å²) in [6.07, 6.45) is 2.56. The van der Waals surface area contributed by atoms with Gasteiger partial charge < -0.3 is 10.2 Å². The van der Waals surface area contributed by atoms with Gasteiger partial charge in [-0.15, -0.1) is 0 Å². The predicted octanol–water partition coefficient (Wildman–Crippen LogP) is 2.37. The van der Waals surface area contributed by atoms with E-state index in [9.17, 15) is 4.39 Å². The van der Waals surface area contributed by atoms with Crippen LogP contribution in [0, 0.1) is 5.82 Å². The lowest BCUT2D eigenvalue weighted by Crippen LogP contribution is -2.46. The normalized spacial score (nSPS) is 17.9. The van der Waals surface area contributed by atoms with Crippen LogP contribution in [-0.4, -0.2) is 24.6 Å². The van der Waals surface area contributed by atoms with Crippen LogP contribution in [0.1, 0.15) is 11.1 Å². The van der Waals surface area contributed by atoms with Crippen molar-refractivity contribution in [2.75, 3.05) is 18.5 Å². The Labute approximate surface area is 118 Å². The standard InChI is InChI=1S/C16H18FN3/c1-18-10-14-9-12-5-2-3-6-13(12)11-20(14)16-15(17)7-4-8-19-16/h2-8,14,18H,9-11H2,1H3. The van der Waals surface area contributed by atoms with Crippen LogP contribution in [-0.2, 0) is 13.0 Å². The van der Waals surface area contributed by atoms with Gasteiger partial charge in [0.1, 0.15) is 0 Å². The second-order valence-electron chi connectivity index (χ2n) is 5.12. The summed E-state index contributed by atoms with van der Waals surface area (Å²) in [5.74, 6) is 0.190. The van der Waals surface area contributed by atoms with Crippen molar-refractivity contribution in [2.45, 2.75) is 19.0 Å². The number of halogens is 1. The highest BCUT2D eigenvalue weighted by Crippen LogP contribution is 2.28. The van der Waals surface area contributed by atoms with Crippen LogP contribution in [0.25, 0.3) is 0 Å². The molecule has 3 rings (SSSR count). The van der Waals surface area contributed by atoms with Crippen molar-refractivity contribution in [2.24, 2.45) is 0 Å². The molecule has 0 radical (unpaired) electrons. The summed E-state index contributed by atoms with van der Waals surface area (Å²) in [5.41, 5.74) is 2.60. The highest BCUT2D eigenvalue weighted by atomic mass is 19.1. The van der Waals surface area contributed by atoms with Crippen molar-refractivity contribution >= 4 is 5.82 Å². The molecule has 1 atom stereocenters.